The second-order valence-corrected chi connectivity index (χ2v) is 1.92. The van der Waals surface area contributed by atoms with Gasteiger partial charge in [-0.25, -0.2) is 12.1 Å². The standard InChI is InChI=1S/2C5H5.Co/c2*1-2-4-5-3-1;/h2*1-5H;/q-5;-1;. The second-order valence-electron chi connectivity index (χ2n) is 1.92. The van der Waals surface area contributed by atoms with E-state index in [2.05, 4.69) is 0 Å². The predicted molar refractivity (Wildman–Crippen MR) is 44.1 cm³/mol. The first-order chi connectivity index (χ1) is 5.00. The van der Waals surface area contributed by atoms with Crippen LogP contribution in [-0.2, 0) is 16.8 Å². The topological polar surface area (TPSA) is 0 Å². The van der Waals surface area contributed by atoms with Crippen LogP contribution < -0.4 is 0 Å². The molecule has 0 unspecified atom stereocenters. The van der Waals surface area contributed by atoms with Crippen molar-refractivity contribution in [3.63, 3.8) is 0 Å². The van der Waals surface area contributed by atoms with E-state index >= 15 is 0 Å². The number of hydrogen-bond donors (Lipinski definition) is 0. The molecule has 0 aliphatic carbocycles. The van der Waals surface area contributed by atoms with Crippen molar-refractivity contribution < 1.29 is 16.8 Å². The van der Waals surface area contributed by atoms with Gasteiger partial charge in [-0.1, -0.05) is 0 Å². The summed E-state index contributed by atoms with van der Waals surface area (Å²) in [5, 5.41) is 0. The Balaban J connectivity index is 0.000000167. The molecule has 0 aliphatic heterocycles. The minimum Gasteiger partial charge on any atom is -0.748 e. The van der Waals surface area contributed by atoms with Crippen molar-refractivity contribution >= 4 is 0 Å². The van der Waals surface area contributed by atoms with Crippen LogP contribution in [0, 0.1) is 0 Å². The molecule has 0 aromatic heterocycles. The molecule has 2 aromatic rings. The van der Waals surface area contributed by atoms with Gasteiger partial charge in [0.1, 0.15) is 0 Å². The van der Waals surface area contributed by atoms with Gasteiger partial charge in [0.05, 0.1) is 0 Å². The molecule has 2 aromatic carbocycles. The van der Waals surface area contributed by atoms with Gasteiger partial charge in [0.25, 0.3) is 0 Å². The molecule has 1 radical (unpaired) electrons. The van der Waals surface area contributed by atoms with Gasteiger partial charge in [-0.15, -0.1) is 0 Å². The third-order valence-electron chi connectivity index (χ3n) is 1.11. The Hall–Kier alpha value is -0.794. The van der Waals surface area contributed by atoms with Crippen LogP contribution in [0.1, 0.15) is 0 Å². The fourth-order valence-corrected chi connectivity index (χ4v) is 0.642. The van der Waals surface area contributed by atoms with Gasteiger partial charge < -0.3 is 30.3 Å². The zero-order chi connectivity index (χ0) is 7.07. The van der Waals surface area contributed by atoms with E-state index < -0.39 is 0 Å². The van der Waals surface area contributed by atoms with E-state index in [9.17, 15) is 0 Å². The first-order valence-corrected chi connectivity index (χ1v) is 3.33. The average molecular weight is 189 g/mol. The molecule has 2 rings (SSSR count). The summed E-state index contributed by atoms with van der Waals surface area (Å²) >= 11 is 0. The molecule has 0 amide bonds. The van der Waals surface area contributed by atoms with Crippen molar-refractivity contribution in [2.75, 3.05) is 0 Å². The van der Waals surface area contributed by atoms with Crippen molar-refractivity contribution in [2.24, 2.45) is 0 Å². The van der Waals surface area contributed by atoms with Crippen LogP contribution in [0.5, 0.6) is 0 Å². The summed E-state index contributed by atoms with van der Waals surface area (Å²) in [4.78, 5) is 0. The molecule has 0 atom stereocenters. The van der Waals surface area contributed by atoms with Gasteiger partial charge in [-0.2, -0.15) is 18.2 Å². The van der Waals surface area contributed by atoms with Crippen molar-refractivity contribution in [2.45, 2.75) is 0 Å². The van der Waals surface area contributed by atoms with Crippen LogP contribution in [0.3, 0.4) is 0 Å². The summed E-state index contributed by atoms with van der Waals surface area (Å²) in [6.45, 7) is 0. The summed E-state index contributed by atoms with van der Waals surface area (Å²) < 4.78 is 0. The molecular weight excluding hydrogens is 179 g/mol. The van der Waals surface area contributed by atoms with Crippen molar-refractivity contribution in [3.8, 4) is 0 Å². The Morgan fingerprint density at radius 1 is 0.636 bits per heavy atom. The van der Waals surface area contributed by atoms with Gasteiger partial charge in [-0.05, 0) is 0 Å². The minimum atomic E-state index is 0. The fourth-order valence-electron chi connectivity index (χ4n) is 0.642. The van der Waals surface area contributed by atoms with E-state index in [-0.39, 0.29) is 16.8 Å². The van der Waals surface area contributed by atoms with Gasteiger partial charge in [0, 0.05) is 16.8 Å². The largest absolute Gasteiger partial charge is 0.748 e. The smallest absolute Gasteiger partial charge is 0 e. The van der Waals surface area contributed by atoms with E-state index in [1.54, 1.807) is 0 Å². The van der Waals surface area contributed by atoms with Crippen LogP contribution in [0.25, 0.3) is 0 Å². The maximum atomic E-state index is 2.00. The van der Waals surface area contributed by atoms with Gasteiger partial charge in [-0.3, -0.25) is 0 Å². The SMILES string of the molecule is [Co].[cH-]1[cH-][cH-][cH-][cH-]1.c1cc[cH-]c1. The van der Waals surface area contributed by atoms with E-state index in [0.717, 1.165) is 0 Å². The molecule has 1 heteroatoms. The first kappa shape index (κ1) is 10.2. The summed E-state index contributed by atoms with van der Waals surface area (Å²) in [7, 11) is 0. The molecule has 0 heterocycles. The molecule has 0 N–H and O–H groups in total. The summed E-state index contributed by atoms with van der Waals surface area (Å²) in [5.74, 6) is 0. The Labute approximate surface area is 77.8 Å². The third kappa shape index (κ3) is 5.64. The van der Waals surface area contributed by atoms with E-state index in [1.807, 2.05) is 60.7 Å². The zero-order valence-corrected chi connectivity index (χ0v) is 7.15. The molecular formula is C10H10Co-6. The molecule has 65 valence electrons. The predicted octanol–water partition coefficient (Wildman–Crippen LogP) is 2.81. The van der Waals surface area contributed by atoms with Gasteiger partial charge in [0.2, 0.25) is 0 Å². The molecule has 0 spiro atoms. The van der Waals surface area contributed by atoms with Crippen LogP contribution in [0.4, 0.5) is 0 Å². The van der Waals surface area contributed by atoms with Crippen LogP contribution in [0.15, 0.2) is 60.7 Å². The summed E-state index contributed by atoms with van der Waals surface area (Å²) in [6.07, 6.45) is 0. The third-order valence-corrected chi connectivity index (χ3v) is 1.11. The maximum Gasteiger partial charge on any atom is 0 e. The summed E-state index contributed by atoms with van der Waals surface area (Å²) in [6, 6.07) is 20.0. The van der Waals surface area contributed by atoms with E-state index in [1.165, 1.54) is 0 Å². The molecule has 0 saturated carbocycles. The molecule has 0 fully saturated rings. The number of rotatable bonds is 0. The Bertz CT molecular complexity index is 144. The zero-order valence-electron chi connectivity index (χ0n) is 6.11. The molecule has 0 bridgehead atoms. The Morgan fingerprint density at radius 3 is 1.18 bits per heavy atom. The first-order valence-electron chi connectivity index (χ1n) is 3.33. The van der Waals surface area contributed by atoms with Gasteiger partial charge >= 0.3 is 0 Å². The molecule has 0 saturated heterocycles. The van der Waals surface area contributed by atoms with Crippen LogP contribution >= 0.6 is 0 Å². The number of hydrogen-bond acceptors (Lipinski definition) is 0. The van der Waals surface area contributed by atoms with Crippen LogP contribution in [-0.4, -0.2) is 0 Å². The molecule has 0 aliphatic rings. The second kappa shape index (κ2) is 7.32. The maximum absolute atomic E-state index is 2.00. The Morgan fingerprint density at radius 2 is 1.00 bits per heavy atom. The normalized spacial score (nSPS) is 7.27. The monoisotopic (exact) mass is 189 g/mol. The summed E-state index contributed by atoms with van der Waals surface area (Å²) in [5.41, 5.74) is 0. The van der Waals surface area contributed by atoms with E-state index in [4.69, 9.17) is 0 Å². The van der Waals surface area contributed by atoms with Crippen molar-refractivity contribution in [3.05, 3.63) is 60.7 Å². The fraction of sp³-hybridized carbons (Fsp3) is 0. The van der Waals surface area contributed by atoms with E-state index in [0.29, 0.717) is 0 Å². The van der Waals surface area contributed by atoms with Crippen LogP contribution in [0.2, 0.25) is 0 Å². The van der Waals surface area contributed by atoms with Crippen molar-refractivity contribution in [1.29, 1.82) is 0 Å². The molecule has 11 heavy (non-hydrogen) atoms. The quantitative estimate of drug-likeness (QED) is 0.559. The van der Waals surface area contributed by atoms with Gasteiger partial charge in [0.15, 0.2) is 0 Å². The average Bonchev–Trinajstić information content (AvgIpc) is 2.67. The van der Waals surface area contributed by atoms with Crippen molar-refractivity contribution in [1.82, 2.24) is 0 Å². The Kier molecular flexibility index (Phi) is 6.79. The minimum absolute atomic E-state index is 0. The molecule has 0 nitrogen and oxygen atoms in total.